The summed E-state index contributed by atoms with van der Waals surface area (Å²) >= 11 is 8.96. The Balaban J connectivity index is 2.56. The summed E-state index contributed by atoms with van der Waals surface area (Å²) in [6, 6.07) is 0. The third-order valence-corrected chi connectivity index (χ3v) is 3.83. The van der Waals surface area contributed by atoms with Gasteiger partial charge in [-0.15, -0.1) is 21.8 Å². The van der Waals surface area contributed by atoms with Crippen LogP contribution in [0.5, 0.6) is 0 Å². The maximum atomic E-state index is 5.75. The molecule has 0 amide bonds. The van der Waals surface area contributed by atoms with E-state index in [1.54, 1.807) is 28.6 Å². The van der Waals surface area contributed by atoms with Crippen LogP contribution in [-0.4, -0.2) is 20.8 Å². The summed E-state index contributed by atoms with van der Waals surface area (Å²) in [4.78, 5) is 0. The van der Waals surface area contributed by atoms with Crippen molar-refractivity contribution in [1.29, 1.82) is 0 Å². The highest BCUT2D eigenvalue weighted by Crippen LogP contribution is 2.33. The van der Waals surface area contributed by atoms with Crippen molar-refractivity contribution in [2.24, 2.45) is 0 Å². The summed E-state index contributed by atoms with van der Waals surface area (Å²) in [5, 5.41) is 7.67. The fourth-order valence-electron chi connectivity index (χ4n) is 0.471. The molecule has 0 N–H and O–H groups in total. The van der Waals surface area contributed by atoms with E-state index in [-0.39, 0.29) is 4.75 Å². The molecular formula is C6H9ClN2S2. The third kappa shape index (κ3) is 2.97. The quantitative estimate of drug-likeness (QED) is 0.564. The van der Waals surface area contributed by atoms with E-state index in [2.05, 4.69) is 24.0 Å². The average Bonchev–Trinajstić information content (AvgIpc) is 2.39. The van der Waals surface area contributed by atoms with Gasteiger partial charge in [-0.2, -0.15) is 0 Å². The lowest BCUT2D eigenvalue weighted by molar-refractivity contribution is 0.808. The molecule has 0 saturated carbocycles. The molecule has 0 spiro atoms. The number of hydrogen-bond acceptors (Lipinski definition) is 4. The number of hydrogen-bond donors (Lipinski definition) is 0. The largest absolute Gasteiger partial charge is 0.174 e. The molecule has 1 heterocycles. The zero-order valence-electron chi connectivity index (χ0n) is 6.37. The van der Waals surface area contributed by atoms with Gasteiger partial charge in [0.05, 0.1) is 0 Å². The van der Waals surface area contributed by atoms with Crippen molar-refractivity contribution in [2.75, 3.05) is 5.88 Å². The smallest absolute Gasteiger partial charge is 0.146 e. The molecule has 0 radical (unpaired) electrons. The van der Waals surface area contributed by atoms with E-state index in [4.69, 9.17) is 11.6 Å². The third-order valence-electron chi connectivity index (χ3n) is 1.03. The molecule has 0 aliphatic carbocycles. The van der Waals surface area contributed by atoms with Gasteiger partial charge in [-0.25, -0.2) is 0 Å². The molecule has 2 nitrogen and oxygen atoms in total. The summed E-state index contributed by atoms with van der Waals surface area (Å²) in [6.07, 6.45) is 0. The van der Waals surface area contributed by atoms with Crippen molar-refractivity contribution in [3.8, 4) is 0 Å². The average molecular weight is 209 g/mol. The van der Waals surface area contributed by atoms with E-state index in [1.165, 1.54) is 0 Å². The molecule has 0 atom stereocenters. The summed E-state index contributed by atoms with van der Waals surface area (Å²) < 4.78 is 1.04. The lowest BCUT2D eigenvalue weighted by atomic mass is 10.2. The van der Waals surface area contributed by atoms with Gasteiger partial charge in [0.1, 0.15) is 5.51 Å². The summed E-state index contributed by atoms with van der Waals surface area (Å²) in [7, 11) is 0. The van der Waals surface area contributed by atoms with Gasteiger partial charge >= 0.3 is 0 Å². The summed E-state index contributed by atoms with van der Waals surface area (Å²) in [6.45, 7) is 4.18. The van der Waals surface area contributed by atoms with Gasteiger partial charge in [0.2, 0.25) is 0 Å². The second kappa shape index (κ2) is 3.74. The molecule has 1 aromatic heterocycles. The number of nitrogens with zero attached hydrogens (tertiary/aromatic N) is 2. The van der Waals surface area contributed by atoms with Crippen molar-refractivity contribution < 1.29 is 0 Å². The molecule has 0 aliphatic rings. The second-order valence-corrected chi connectivity index (χ2v) is 5.75. The van der Waals surface area contributed by atoms with E-state index in [0.717, 1.165) is 4.34 Å². The van der Waals surface area contributed by atoms with Crippen LogP contribution < -0.4 is 0 Å². The van der Waals surface area contributed by atoms with Crippen LogP contribution in [0.4, 0.5) is 0 Å². The van der Waals surface area contributed by atoms with E-state index >= 15 is 0 Å². The predicted molar refractivity (Wildman–Crippen MR) is 50.6 cm³/mol. The SMILES string of the molecule is CC(C)(CCl)Sc1nncs1. The number of rotatable bonds is 3. The van der Waals surface area contributed by atoms with Crippen LogP contribution in [0, 0.1) is 0 Å². The van der Waals surface area contributed by atoms with E-state index in [1.807, 2.05) is 0 Å². The Labute approximate surface area is 79.4 Å². The molecule has 0 bridgehead atoms. The standard InChI is InChI=1S/C6H9ClN2S2/c1-6(2,3-7)11-5-9-8-4-10-5/h4H,3H2,1-2H3. The minimum atomic E-state index is 0.0566. The van der Waals surface area contributed by atoms with Crippen molar-refractivity contribution >= 4 is 34.7 Å². The van der Waals surface area contributed by atoms with Gasteiger partial charge in [0, 0.05) is 10.6 Å². The molecule has 0 aromatic carbocycles. The van der Waals surface area contributed by atoms with Gasteiger partial charge < -0.3 is 0 Å². The number of thioether (sulfide) groups is 1. The molecule has 0 aliphatic heterocycles. The minimum absolute atomic E-state index is 0.0566. The molecule has 5 heteroatoms. The number of halogens is 1. The van der Waals surface area contributed by atoms with Gasteiger partial charge in [0.25, 0.3) is 0 Å². The highest BCUT2D eigenvalue weighted by atomic mass is 35.5. The Morgan fingerprint density at radius 1 is 1.73 bits per heavy atom. The molecule has 62 valence electrons. The first-order chi connectivity index (χ1) is 5.14. The van der Waals surface area contributed by atoms with Gasteiger partial charge in [-0.1, -0.05) is 23.1 Å². The topological polar surface area (TPSA) is 25.8 Å². The Morgan fingerprint density at radius 2 is 2.45 bits per heavy atom. The van der Waals surface area contributed by atoms with Gasteiger partial charge in [-0.05, 0) is 13.8 Å². The molecule has 0 saturated heterocycles. The van der Waals surface area contributed by atoms with E-state index in [9.17, 15) is 0 Å². The van der Waals surface area contributed by atoms with Gasteiger partial charge in [-0.3, -0.25) is 0 Å². The predicted octanol–water partition coefficient (Wildman–Crippen LogP) is 2.65. The summed E-state index contributed by atoms with van der Waals surface area (Å²) in [5.74, 6) is 0.622. The number of aromatic nitrogens is 2. The van der Waals surface area contributed by atoms with Crippen LogP contribution >= 0.6 is 34.7 Å². The van der Waals surface area contributed by atoms with E-state index in [0.29, 0.717) is 5.88 Å². The lowest BCUT2D eigenvalue weighted by Crippen LogP contribution is -2.15. The first kappa shape index (κ1) is 9.29. The fourth-order valence-corrected chi connectivity index (χ4v) is 2.53. The highest BCUT2D eigenvalue weighted by molar-refractivity contribution is 8.02. The van der Waals surface area contributed by atoms with Crippen LogP contribution in [0.25, 0.3) is 0 Å². The normalized spacial score (nSPS) is 11.9. The lowest BCUT2D eigenvalue weighted by Gasteiger charge is -2.17. The Morgan fingerprint density at radius 3 is 2.91 bits per heavy atom. The monoisotopic (exact) mass is 208 g/mol. The van der Waals surface area contributed by atoms with Crippen LogP contribution in [0.1, 0.15) is 13.8 Å². The van der Waals surface area contributed by atoms with Crippen molar-refractivity contribution in [3.05, 3.63) is 5.51 Å². The van der Waals surface area contributed by atoms with Crippen molar-refractivity contribution in [3.63, 3.8) is 0 Å². The van der Waals surface area contributed by atoms with Crippen LogP contribution in [0.2, 0.25) is 0 Å². The molecule has 0 unspecified atom stereocenters. The molecule has 0 fully saturated rings. The molecular weight excluding hydrogens is 200 g/mol. The molecule has 11 heavy (non-hydrogen) atoms. The first-order valence-corrected chi connectivity index (χ1v) is 5.38. The maximum absolute atomic E-state index is 5.75. The Kier molecular flexibility index (Phi) is 3.16. The Hall–Kier alpha value is 0.200. The van der Waals surface area contributed by atoms with Crippen LogP contribution in [0.3, 0.4) is 0 Å². The van der Waals surface area contributed by atoms with E-state index < -0.39 is 0 Å². The zero-order chi connectivity index (χ0) is 8.32. The summed E-state index contributed by atoms with van der Waals surface area (Å²) in [5.41, 5.74) is 1.73. The first-order valence-electron chi connectivity index (χ1n) is 3.15. The molecule has 1 aromatic rings. The molecule has 1 rings (SSSR count). The highest BCUT2D eigenvalue weighted by Gasteiger charge is 2.19. The second-order valence-electron chi connectivity index (χ2n) is 2.70. The van der Waals surface area contributed by atoms with Crippen molar-refractivity contribution in [1.82, 2.24) is 10.2 Å². The number of alkyl halides is 1. The van der Waals surface area contributed by atoms with Crippen LogP contribution in [0.15, 0.2) is 9.85 Å². The van der Waals surface area contributed by atoms with Gasteiger partial charge in [0.15, 0.2) is 4.34 Å². The maximum Gasteiger partial charge on any atom is 0.174 e. The minimum Gasteiger partial charge on any atom is -0.146 e. The fraction of sp³-hybridized carbons (Fsp3) is 0.667. The van der Waals surface area contributed by atoms with Crippen molar-refractivity contribution in [2.45, 2.75) is 22.9 Å². The van der Waals surface area contributed by atoms with Crippen LogP contribution in [-0.2, 0) is 0 Å². The zero-order valence-corrected chi connectivity index (χ0v) is 8.76. The Bertz CT molecular complexity index is 210.